The molecule has 1 heterocycles. The lowest BCUT2D eigenvalue weighted by Gasteiger charge is -2.21. The van der Waals surface area contributed by atoms with Gasteiger partial charge in [-0.25, -0.2) is 0 Å². The van der Waals surface area contributed by atoms with E-state index in [9.17, 15) is 0 Å². The summed E-state index contributed by atoms with van der Waals surface area (Å²) in [6.07, 6.45) is 0. The number of halogens is 2. The monoisotopic (exact) mass is 331 g/mol. The van der Waals surface area contributed by atoms with Gasteiger partial charge in [-0.15, -0.1) is 11.3 Å². The SMILES string of the molecule is CNC(c1cc(Cl)sc1Cl)c1c(OC)cccc1OC. The van der Waals surface area contributed by atoms with Crippen LogP contribution in [-0.4, -0.2) is 21.3 Å². The van der Waals surface area contributed by atoms with Crippen molar-refractivity contribution in [2.24, 2.45) is 0 Å². The standard InChI is InChI=1S/C14H15Cl2NO2S/c1-17-13(8-7-11(15)20-14(8)16)12-9(18-2)5-4-6-10(12)19-3/h4-7,13,17H,1-3H3. The molecular formula is C14H15Cl2NO2S. The van der Waals surface area contributed by atoms with Crippen LogP contribution in [0.2, 0.25) is 8.67 Å². The van der Waals surface area contributed by atoms with Crippen molar-refractivity contribution in [3.63, 3.8) is 0 Å². The van der Waals surface area contributed by atoms with Crippen molar-refractivity contribution in [2.45, 2.75) is 6.04 Å². The highest BCUT2D eigenvalue weighted by atomic mass is 35.5. The van der Waals surface area contributed by atoms with E-state index in [-0.39, 0.29) is 6.04 Å². The molecule has 108 valence electrons. The molecule has 2 aromatic rings. The molecule has 1 atom stereocenters. The lowest BCUT2D eigenvalue weighted by molar-refractivity contribution is 0.379. The van der Waals surface area contributed by atoms with Gasteiger partial charge in [0.1, 0.15) is 11.5 Å². The van der Waals surface area contributed by atoms with E-state index in [1.54, 1.807) is 14.2 Å². The molecule has 0 saturated heterocycles. The lowest BCUT2D eigenvalue weighted by atomic mass is 9.99. The fourth-order valence-corrected chi connectivity index (χ4v) is 3.70. The fraction of sp³-hybridized carbons (Fsp3) is 0.286. The molecule has 1 N–H and O–H groups in total. The summed E-state index contributed by atoms with van der Waals surface area (Å²) in [5, 5.41) is 3.24. The topological polar surface area (TPSA) is 30.5 Å². The second kappa shape index (κ2) is 6.68. The summed E-state index contributed by atoms with van der Waals surface area (Å²) in [5.74, 6) is 1.48. The zero-order chi connectivity index (χ0) is 14.7. The van der Waals surface area contributed by atoms with Crippen LogP contribution in [0.15, 0.2) is 24.3 Å². The number of hydrogen-bond donors (Lipinski definition) is 1. The van der Waals surface area contributed by atoms with Gasteiger partial charge in [0.15, 0.2) is 0 Å². The van der Waals surface area contributed by atoms with Crippen LogP contribution in [-0.2, 0) is 0 Å². The van der Waals surface area contributed by atoms with Gasteiger partial charge in [-0.05, 0) is 25.2 Å². The van der Waals surface area contributed by atoms with Gasteiger partial charge in [-0.1, -0.05) is 29.3 Å². The van der Waals surface area contributed by atoms with Crippen molar-refractivity contribution < 1.29 is 9.47 Å². The molecular weight excluding hydrogens is 317 g/mol. The van der Waals surface area contributed by atoms with Crippen LogP contribution in [0.3, 0.4) is 0 Å². The molecule has 0 aliphatic heterocycles. The first-order valence-corrected chi connectivity index (χ1v) is 7.52. The minimum absolute atomic E-state index is 0.155. The predicted octanol–water partition coefficient (Wildman–Crippen LogP) is 4.38. The van der Waals surface area contributed by atoms with E-state index in [1.165, 1.54) is 11.3 Å². The van der Waals surface area contributed by atoms with Crippen molar-refractivity contribution >= 4 is 34.5 Å². The second-order valence-corrected chi connectivity index (χ2v) is 6.36. The second-order valence-electron chi connectivity index (χ2n) is 4.08. The Balaban J connectivity index is 2.59. The Kier molecular flexibility index (Phi) is 5.16. The van der Waals surface area contributed by atoms with Gasteiger partial charge in [0.05, 0.1) is 34.5 Å². The van der Waals surface area contributed by atoms with Crippen LogP contribution in [0.5, 0.6) is 11.5 Å². The smallest absolute Gasteiger partial charge is 0.127 e. The summed E-state index contributed by atoms with van der Waals surface area (Å²) in [4.78, 5) is 0. The van der Waals surface area contributed by atoms with Crippen molar-refractivity contribution in [3.8, 4) is 11.5 Å². The molecule has 3 nitrogen and oxygen atoms in total. The highest BCUT2D eigenvalue weighted by Gasteiger charge is 2.24. The van der Waals surface area contributed by atoms with Gasteiger partial charge in [0, 0.05) is 5.56 Å². The molecule has 0 spiro atoms. The first kappa shape index (κ1) is 15.4. The van der Waals surface area contributed by atoms with Crippen LogP contribution in [0.4, 0.5) is 0 Å². The molecule has 0 aliphatic carbocycles. The van der Waals surface area contributed by atoms with E-state index in [0.717, 1.165) is 22.6 Å². The highest BCUT2D eigenvalue weighted by molar-refractivity contribution is 7.20. The maximum Gasteiger partial charge on any atom is 0.127 e. The Morgan fingerprint density at radius 3 is 2.15 bits per heavy atom. The summed E-state index contributed by atoms with van der Waals surface area (Å²) in [6.45, 7) is 0. The molecule has 0 bridgehead atoms. The lowest BCUT2D eigenvalue weighted by Crippen LogP contribution is -2.19. The maximum absolute atomic E-state index is 6.27. The molecule has 1 aromatic heterocycles. The Morgan fingerprint density at radius 2 is 1.75 bits per heavy atom. The van der Waals surface area contributed by atoms with Crippen LogP contribution in [0, 0.1) is 0 Å². The van der Waals surface area contributed by atoms with Crippen LogP contribution in [0.1, 0.15) is 17.2 Å². The maximum atomic E-state index is 6.27. The van der Waals surface area contributed by atoms with Crippen molar-refractivity contribution in [1.29, 1.82) is 0 Å². The Morgan fingerprint density at radius 1 is 1.15 bits per heavy atom. The minimum atomic E-state index is -0.155. The molecule has 2 rings (SSSR count). The third-order valence-corrected chi connectivity index (χ3v) is 4.56. The summed E-state index contributed by atoms with van der Waals surface area (Å²) in [6, 6.07) is 7.38. The molecule has 0 radical (unpaired) electrons. The minimum Gasteiger partial charge on any atom is -0.496 e. The summed E-state index contributed by atoms with van der Waals surface area (Å²) >= 11 is 13.7. The van der Waals surface area contributed by atoms with Crippen LogP contribution < -0.4 is 14.8 Å². The number of nitrogens with one attached hydrogen (secondary N) is 1. The van der Waals surface area contributed by atoms with Crippen molar-refractivity contribution in [2.75, 3.05) is 21.3 Å². The number of ether oxygens (including phenoxy) is 2. The van der Waals surface area contributed by atoms with E-state index >= 15 is 0 Å². The quantitative estimate of drug-likeness (QED) is 0.881. The molecule has 1 unspecified atom stereocenters. The molecule has 0 amide bonds. The first-order chi connectivity index (χ1) is 9.62. The molecule has 6 heteroatoms. The summed E-state index contributed by atoms with van der Waals surface area (Å²) < 4.78 is 12.2. The van der Waals surface area contributed by atoms with Crippen LogP contribution in [0.25, 0.3) is 0 Å². The van der Waals surface area contributed by atoms with E-state index in [2.05, 4.69) is 5.32 Å². The average molecular weight is 332 g/mol. The third kappa shape index (κ3) is 2.88. The highest BCUT2D eigenvalue weighted by Crippen LogP contribution is 2.42. The van der Waals surface area contributed by atoms with E-state index < -0.39 is 0 Å². The number of thiophene rings is 1. The molecule has 20 heavy (non-hydrogen) atoms. The Labute approximate surface area is 132 Å². The first-order valence-electron chi connectivity index (χ1n) is 5.95. The zero-order valence-corrected chi connectivity index (χ0v) is 13.7. The molecule has 0 fully saturated rings. The number of methoxy groups -OCH3 is 2. The van der Waals surface area contributed by atoms with Crippen molar-refractivity contribution in [3.05, 3.63) is 44.1 Å². The predicted molar refractivity (Wildman–Crippen MR) is 84.8 cm³/mol. The van der Waals surface area contributed by atoms with Crippen molar-refractivity contribution in [1.82, 2.24) is 5.32 Å². The Hall–Kier alpha value is -0.940. The molecule has 0 aliphatic rings. The van der Waals surface area contributed by atoms with Gasteiger partial charge in [0.2, 0.25) is 0 Å². The van der Waals surface area contributed by atoms with E-state index in [0.29, 0.717) is 8.67 Å². The normalized spacial score (nSPS) is 12.2. The van der Waals surface area contributed by atoms with Crippen LogP contribution >= 0.6 is 34.5 Å². The summed E-state index contributed by atoms with van der Waals surface area (Å²) in [7, 11) is 5.12. The van der Waals surface area contributed by atoms with Gasteiger partial charge in [-0.3, -0.25) is 0 Å². The number of benzene rings is 1. The van der Waals surface area contributed by atoms with Gasteiger partial charge in [-0.2, -0.15) is 0 Å². The molecule has 0 saturated carbocycles. The van der Waals surface area contributed by atoms with Gasteiger partial charge < -0.3 is 14.8 Å². The number of rotatable bonds is 5. The fourth-order valence-electron chi connectivity index (χ4n) is 2.17. The van der Waals surface area contributed by atoms with Gasteiger partial charge >= 0.3 is 0 Å². The third-order valence-electron chi connectivity index (χ3n) is 3.04. The van der Waals surface area contributed by atoms with Gasteiger partial charge in [0.25, 0.3) is 0 Å². The summed E-state index contributed by atoms with van der Waals surface area (Å²) in [5.41, 5.74) is 1.81. The largest absolute Gasteiger partial charge is 0.496 e. The van der Waals surface area contributed by atoms with E-state index in [4.69, 9.17) is 32.7 Å². The molecule has 1 aromatic carbocycles. The Bertz CT molecular complexity index is 579. The zero-order valence-electron chi connectivity index (χ0n) is 11.4. The van der Waals surface area contributed by atoms with E-state index in [1.807, 2.05) is 31.3 Å². The average Bonchev–Trinajstić information content (AvgIpc) is 2.78. The number of hydrogen-bond acceptors (Lipinski definition) is 4.